The summed E-state index contributed by atoms with van der Waals surface area (Å²) in [5, 5.41) is 3.04. The Bertz CT molecular complexity index is 57.9. The highest BCUT2D eigenvalue weighted by Crippen LogP contribution is 1.90. The maximum atomic E-state index is 3.75. The number of hydrogen-bond acceptors (Lipinski definition) is 1. The van der Waals surface area contributed by atoms with Gasteiger partial charge >= 0.3 is 0 Å². The van der Waals surface area contributed by atoms with E-state index in [0.29, 0.717) is 0 Å². The van der Waals surface area contributed by atoms with Crippen molar-refractivity contribution in [1.29, 1.82) is 0 Å². The van der Waals surface area contributed by atoms with Gasteiger partial charge in [-0.1, -0.05) is 33.3 Å². The lowest BCUT2D eigenvalue weighted by Gasteiger charge is -1.94. The fourth-order valence-electron chi connectivity index (χ4n) is 0.338. The van der Waals surface area contributed by atoms with E-state index in [-0.39, 0.29) is 0 Å². The molecule has 0 bridgehead atoms. The van der Waals surface area contributed by atoms with Crippen molar-refractivity contribution >= 4 is 0 Å². The van der Waals surface area contributed by atoms with Crippen molar-refractivity contribution < 1.29 is 0 Å². The molecule has 0 fully saturated rings. The Labute approximate surface area is 72.9 Å². The molecule has 1 N–H and O–H groups in total. The van der Waals surface area contributed by atoms with Crippen LogP contribution < -0.4 is 5.32 Å². The van der Waals surface area contributed by atoms with Gasteiger partial charge in [0, 0.05) is 0 Å². The third-order valence-electron chi connectivity index (χ3n) is 0.802. The third kappa shape index (κ3) is 42.0. The predicted molar refractivity (Wildman–Crippen MR) is 56.1 cm³/mol. The Balaban J connectivity index is -0.000000138. The van der Waals surface area contributed by atoms with Crippen molar-refractivity contribution in [1.82, 2.24) is 5.32 Å². The second-order valence-corrected chi connectivity index (χ2v) is 1.81. The van der Waals surface area contributed by atoms with Gasteiger partial charge in [-0.2, -0.15) is 0 Å². The van der Waals surface area contributed by atoms with E-state index < -0.39 is 0 Å². The summed E-state index contributed by atoms with van der Waals surface area (Å²) in [6, 6.07) is 0. The van der Waals surface area contributed by atoms with Crippen molar-refractivity contribution in [2.45, 2.75) is 41.0 Å². The SMILES string of the molecule is C=C(C)CCNC.CC.CC. The van der Waals surface area contributed by atoms with Crippen LogP contribution in [0.1, 0.15) is 41.0 Å². The van der Waals surface area contributed by atoms with Crippen LogP contribution in [0.25, 0.3) is 0 Å². The van der Waals surface area contributed by atoms with E-state index in [2.05, 4.69) is 11.9 Å². The lowest BCUT2D eigenvalue weighted by molar-refractivity contribution is 0.787. The first-order valence-electron chi connectivity index (χ1n) is 4.56. The van der Waals surface area contributed by atoms with Crippen LogP contribution in [0.5, 0.6) is 0 Å². The zero-order valence-electron chi connectivity index (χ0n) is 9.12. The molecule has 0 saturated carbocycles. The topological polar surface area (TPSA) is 12.0 Å². The number of rotatable bonds is 3. The largest absolute Gasteiger partial charge is 0.319 e. The summed E-state index contributed by atoms with van der Waals surface area (Å²) < 4.78 is 0. The van der Waals surface area contributed by atoms with Gasteiger partial charge in [0.15, 0.2) is 0 Å². The molecule has 0 spiro atoms. The first-order chi connectivity index (χ1) is 5.27. The zero-order valence-corrected chi connectivity index (χ0v) is 9.12. The monoisotopic (exact) mass is 159 g/mol. The van der Waals surface area contributed by atoms with Crippen molar-refractivity contribution in [3.05, 3.63) is 12.2 Å². The third-order valence-corrected chi connectivity index (χ3v) is 0.802. The van der Waals surface area contributed by atoms with Gasteiger partial charge < -0.3 is 5.32 Å². The van der Waals surface area contributed by atoms with Gasteiger partial charge in [0.1, 0.15) is 0 Å². The van der Waals surface area contributed by atoms with Gasteiger partial charge in [-0.3, -0.25) is 0 Å². The van der Waals surface area contributed by atoms with E-state index in [1.807, 2.05) is 41.7 Å². The van der Waals surface area contributed by atoms with Crippen LogP contribution >= 0.6 is 0 Å². The summed E-state index contributed by atoms with van der Waals surface area (Å²) in [6.45, 7) is 14.8. The number of hydrogen-bond donors (Lipinski definition) is 1. The van der Waals surface area contributed by atoms with Crippen LogP contribution in [-0.4, -0.2) is 13.6 Å². The standard InChI is InChI=1S/C6H13N.2C2H6/c1-6(2)4-5-7-3;2*1-2/h7H,1,4-5H2,2-3H3;2*1-2H3. The molecule has 11 heavy (non-hydrogen) atoms. The molecule has 70 valence electrons. The summed E-state index contributed by atoms with van der Waals surface area (Å²) in [5.41, 5.74) is 1.24. The molecular formula is C10H25N. The molecule has 0 aromatic rings. The van der Waals surface area contributed by atoms with Gasteiger partial charge in [0.05, 0.1) is 0 Å². The van der Waals surface area contributed by atoms with E-state index in [4.69, 9.17) is 0 Å². The van der Waals surface area contributed by atoms with Crippen LogP contribution in [-0.2, 0) is 0 Å². The first-order valence-corrected chi connectivity index (χ1v) is 4.56. The average Bonchev–Trinajstić information content (AvgIpc) is 2.08. The molecule has 0 unspecified atom stereocenters. The first kappa shape index (κ1) is 17.0. The van der Waals surface area contributed by atoms with E-state index in [9.17, 15) is 0 Å². The fraction of sp³-hybridized carbons (Fsp3) is 0.800. The minimum Gasteiger partial charge on any atom is -0.319 e. The molecule has 0 heterocycles. The molecule has 1 nitrogen and oxygen atoms in total. The molecule has 0 rings (SSSR count). The van der Waals surface area contributed by atoms with E-state index >= 15 is 0 Å². The normalized spacial score (nSPS) is 6.73. The average molecular weight is 159 g/mol. The minimum atomic E-state index is 1.05. The molecule has 0 aromatic carbocycles. The van der Waals surface area contributed by atoms with Crippen LogP contribution in [0.3, 0.4) is 0 Å². The summed E-state index contributed by atoms with van der Waals surface area (Å²) in [5.74, 6) is 0. The van der Waals surface area contributed by atoms with Crippen LogP contribution in [0.4, 0.5) is 0 Å². The molecule has 0 saturated heterocycles. The van der Waals surface area contributed by atoms with Crippen molar-refractivity contribution in [2.75, 3.05) is 13.6 Å². The molecule has 0 amide bonds. The van der Waals surface area contributed by atoms with Crippen molar-refractivity contribution in [2.24, 2.45) is 0 Å². The highest BCUT2D eigenvalue weighted by atomic mass is 14.8. The lowest BCUT2D eigenvalue weighted by Crippen LogP contribution is -2.06. The highest BCUT2D eigenvalue weighted by Gasteiger charge is 1.79. The van der Waals surface area contributed by atoms with Crippen molar-refractivity contribution in [3.8, 4) is 0 Å². The summed E-state index contributed by atoms with van der Waals surface area (Å²) >= 11 is 0. The van der Waals surface area contributed by atoms with Gasteiger partial charge in [0.25, 0.3) is 0 Å². The lowest BCUT2D eigenvalue weighted by atomic mass is 10.2. The summed E-state index contributed by atoms with van der Waals surface area (Å²) in [6.07, 6.45) is 1.09. The molecule has 0 radical (unpaired) electrons. The second kappa shape index (κ2) is 22.6. The Kier molecular flexibility index (Phi) is 34.9. The maximum Gasteiger partial charge on any atom is -0.00148 e. The highest BCUT2D eigenvalue weighted by molar-refractivity contribution is 4.87. The smallest absolute Gasteiger partial charge is 0.00148 e. The molecule has 1 heteroatoms. The maximum absolute atomic E-state index is 3.75. The molecular weight excluding hydrogens is 134 g/mol. The van der Waals surface area contributed by atoms with Gasteiger partial charge in [-0.05, 0) is 26.9 Å². The summed E-state index contributed by atoms with van der Waals surface area (Å²) in [7, 11) is 1.95. The van der Waals surface area contributed by atoms with Crippen LogP contribution in [0, 0.1) is 0 Å². The van der Waals surface area contributed by atoms with Crippen LogP contribution in [0.15, 0.2) is 12.2 Å². The quantitative estimate of drug-likeness (QED) is 0.623. The zero-order chi connectivity index (χ0) is 9.70. The van der Waals surface area contributed by atoms with Gasteiger partial charge in [0.2, 0.25) is 0 Å². The van der Waals surface area contributed by atoms with E-state index in [1.54, 1.807) is 0 Å². The van der Waals surface area contributed by atoms with Crippen molar-refractivity contribution in [3.63, 3.8) is 0 Å². The fourth-order valence-corrected chi connectivity index (χ4v) is 0.338. The molecule has 0 aliphatic carbocycles. The van der Waals surface area contributed by atoms with E-state index in [0.717, 1.165) is 13.0 Å². The molecule has 0 aliphatic heterocycles. The van der Waals surface area contributed by atoms with Gasteiger partial charge in [-0.15, -0.1) is 6.58 Å². The molecule has 0 aliphatic rings. The molecule has 0 aromatic heterocycles. The Hall–Kier alpha value is -0.300. The Morgan fingerprint density at radius 2 is 1.55 bits per heavy atom. The summed E-state index contributed by atoms with van der Waals surface area (Å²) in [4.78, 5) is 0. The second-order valence-electron chi connectivity index (χ2n) is 1.81. The number of nitrogens with one attached hydrogen (secondary N) is 1. The molecule has 0 atom stereocenters. The van der Waals surface area contributed by atoms with Crippen LogP contribution in [0.2, 0.25) is 0 Å². The van der Waals surface area contributed by atoms with E-state index in [1.165, 1.54) is 5.57 Å². The Morgan fingerprint density at radius 1 is 1.18 bits per heavy atom. The minimum absolute atomic E-state index is 1.05. The Morgan fingerprint density at radius 3 is 1.64 bits per heavy atom. The van der Waals surface area contributed by atoms with Gasteiger partial charge in [-0.25, -0.2) is 0 Å². The predicted octanol–water partition coefficient (Wildman–Crippen LogP) is 3.22.